The third-order valence-corrected chi connectivity index (χ3v) is 3.27. The number of carbonyl (C=O) groups is 2. The van der Waals surface area contributed by atoms with Gasteiger partial charge in [0.1, 0.15) is 0 Å². The minimum Gasteiger partial charge on any atom is -0.481 e. The Morgan fingerprint density at radius 3 is 3.00 bits per heavy atom. The first kappa shape index (κ1) is 13.4. The van der Waals surface area contributed by atoms with E-state index in [1.54, 1.807) is 22.0 Å². The summed E-state index contributed by atoms with van der Waals surface area (Å²) in [5, 5.41) is 15.8. The fraction of sp³-hybridized carbons (Fsp3) is 0.583. The van der Waals surface area contributed by atoms with Crippen molar-refractivity contribution in [2.24, 2.45) is 5.92 Å². The van der Waals surface area contributed by atoms with Gasteiger partial charge in [-0.25, -0.2) is 4.79 Å². The van der Waals surface area contributed by atoms with Crippen LogP contribution in [0.25, 0.3) is 0 Å². The Kier molecular flexibility index (Phi) is 4.03. The minimum absolute atomic E-state index is 0.262. The molecule has 2 amide bonds. The molecule has 2 N–H and O–H groups in total. The number of carboxylic acids is 1. The lowest BCUT2D eigenvalue weighted by Crippen LogP contribution is -2.44. The molecule has 0 bridgehead atoms. The number of carbonyl (C=O) groups excluding carboxylic acids is 1. The summed E-state index contributed by atoms with van der Waals surface area (Å²) < 4.78 is 1.71. The topological polar surface area (TPSA) is 87.5 Å². The minimum atomic E-state index is -0.837. The first-order valence-corrected chi connectivity index (χ1v) is 6.41. The second-order valence-electron chi connectivity index (χ2n) is 4.64. The van der Waals surface area contributed by atoms with Crippen molar-refractivity contribution in [3.63, 3.8) is 0 Å². The number of piperidine rings is 1. The molecule has 1 atom stereocenters. The third-order valence-electron chi connectivity index (χ3n) is 3.27. The number of anilines is 1. The molecule has 1 aromatic rings. The Bertz CT molecular complexity index is 471. The van der Waals surface area contributed by atoms with Crippen molar-refractivity contribution in [2.45, 2.75) is 26.3 Å². The average molecular weight is 266 g/mol. The Labute approximate surface area is 111 Å². The third kappa shape index (κ3) is 3.24. The normalized spacial score (nSPS) is 19.2. The number of carboxylic acid groups (broad SMARTS) is 1. The molecular formula is C12H18N4O3. The van der Waals surface area contributed by atoms with E-state index in [0.29, 0.717) is 18.7 Å². The summed E-state index contributed by atoms with van der Waals surface area (Å²) >= 11 is 0. The molecule has 0 aromatic carbocycles. The number of aryl methyl sites for hydroxylation is 1. The van der Waals surface area contributed by atoms with E-state index < -0.39 is 11.9 Å². The van der Waals surface area contributed by atoms with Crippen molar-refractivity contribution in [3.05, 3.63) is 12.4 Å². The van der Waals surface area contributed by atoms with Crippen molar-refractivity contribution in [3.8, 4) is 0 Å². The van der Waals surface area contributed by atoms with Crippen LogP contribution in [0.2, 0.25) is 0 Å². The van der Waals surface area contributed by atoms with Crippen molar-refractivity contribution in [1.29, 1.82) is 0 Å². The average Bonchev–Trinajstić information content (AvgIpc) is 2.86. The summed E-state index contributed by atoms with van der Waals surface area (Å²) in [6.07, 6.45) is 4.68. The molecule has 1 aromatic heterocycles. The van der Waals surface area contributed by atoms with Gasteiger partial charge in [-0.1, -0.05) is 0 Å². The van der Waals surface area contributed by atoms with Gasteiger partial charge in [-0.2, -0.15) is 5.10 Å². The zero-order chi connectivity index (χ0) is 13.8. The monoisotopic (exact) mass is 266 g/mol. The number of hydrogen-bond acceptors (Lipinski definition) is 3. The van der Waals surface area contributed by atoms with Gasteiger partial charge in [0.05, 0.1) is 17.8 Å². The highest BCUT2D eigenvalue weighted by Crippen LogP contribution is 2.17. The lowest BCUT2D eigenvalue weighted by molar-refractivity contribution is -0.143. The zero-order valence-corrected chi connectivity index (χ0v) is 10.9. The summed E-state index contributed by atoms with van der Waals surface area (Å²) in [7, 11) is 0. The first-order valence-electron chi connectivity index (χ1n) is 6.41. The van der Waals surface area contributed by atoms with Crippen LogP contribution in [0.3, 0.4) is 0 Å². The predicted octanol–water partition coefficient (Wildman–Crippen LogP) is 1.23. The van der Waals surface area contributed by atoms with Crippen molar-refractivity contribution in [2.75, 3.05) is 18.4 Å². The molecule has 1 aliphatic rings. The quantitative estimate of drug-likeness (QED) is 0.861. The lowest BCUT2D eigenvalue weighted by atomic mass is 9.99. The molecule has 0 spiro atoms. The molecule has 0 aliphatic carbocycles. The number of hydrogen-bond donors (Lipinski definition) is 2. The number of aliphatic carboxylic acids is 1. The first-order chi connectivity index (χ1) is 9.10. The standard InChI is InChI=1S/C12H18N4O3/c1-2-16-8-10(6-13-16)14-12(19)15-5-3-4-9(7-15)11(17)18/h6,8-9H,2-5,7H2,1H3,(H,14,19)(H,17,18)/t9-/m0/s1. The van der Waals surface area contributed by atoms with Gasteiger partial charge >= 0.3 is 12.0 Å². The van der Waals surface area contributed by atoms with E-state index in [4.69, 9.17) is 5.11 Å². The predicted molar refractivity (Wildman–Crippen MR) is 68.9 cm³/mol. The Morgan fingerprint density at radius 2 is 2.37 bits per heavy atom. The van der Waals surface area contributed by atoms with Gasteiger partial charge < -0.3 is 15.3 Å². The van der Waals surface area contributed by atoms with Crippen LogP contribution >= 0.6 is 0 Å². The molecule has 19 heavy (non-hydrogen) atoms. The van der Waals surface area contributed by atoms with Crippen molar-refractivity contribution >= 4 is 17.7 Å². The van der Waals surface area contributed by atoms with Crippen LogP contribution in [0.4, 0.5) is 10.5 Å². The maximum atomic E-state index is 12.0. The number of likely N-dealkylation sites (tertiary alicyclic amines) is 1. The number of nitrogens with zero attached hydrogens (tertiary/aromatic N) is 3. The van der Waals surface area contributed by atoms with Gasteiger partial charge in [-0.05, 0) is 19.8 Å². The molecule has 0 saturated carbocycles. The van der Waals surface area contributed by atoms with Gasteiger partial charge in [-0.15, -0.1) is 0 Å². The van der Waals surface area contributed by atoms with Gasteiger partial charge in [0.2, 0.25) is 0 Å². The van der Waals surface area contributed by atoms with E-state index >= 15 is 0 Å². The molecule has 1 aliphatic heterocycles. The van der Waals surface area contributed by atoms with Crippen LogP contribution in [-0.4, -0.2) is 44.9 Å². The van der Waals surface area contributed by atoms with Gasteiger partial charge in [0, 0.05) is 25.8 Å². The number of nitrogens with one attached hydrogen (secondary N) is 1. The van der Waals surface area contributed by atoms with E-state index in [1.807, 2.05) is 6.92 Å². The maximum Gasteiger partial charge on any atom is 0.321 e. The number of rotatable bonds is 3. The molecule has 2 rings (SSSR count). The fourth-order valence-corrected chi connectivity index (χ4v) is 2.17. The highest BCUT2D eigenvalue weighted by molar-refractivity contribution is 5.89. The van der Waals surface area contributed by atoms with Gasteiger partial charge in [0.15, 0.2) is 0 Å². The molecule has 7 nitrogen and oxygen atoms in total. The number of aromatic nitrogens is 2. The molecular weight excluding hydrogens is 248 g/mol. The summed E-state index contributed by atoms with van der Waals surface area (Å²) in [6, 6.07) is -0.262. The zero-order valence-electron chi connectivity index (χ0n) is 10.9. The molecule has 1 saturated heterocycles. The van der Waals surface area contributed by atoms with E-state index in [-0.39, 0.29) is 12.6 Å². The second-order valence-corrected chi connectivity index (χ2v) is 4.64. The molecule has 1 fully saturated rings. The summed E-state index contributed by atoms with van der Waals surface area (Å²) in [6.45, 7) is 3.56. The summed E-state index contributed by atoms with van der Waals surface area (Å²) in [5.41, 5.74) is 0.629. The Hall–Kier alpha value is -2.05. The highest BCUT2D eigenvalue weighted by atomic mass is 16.4. The fourth-order valence-electron chi connectivity index (χ4n) is 2.17. The lowest BCUT2D eigenvalue weighted by Gasteiger charge is -2.30. The number of urea groups is 1. The Balaban J connectivity index is 1.93. The van der Waals surface area contributed by atoms with Crippen LogP contribution in [-0.2, 0) is 11.3 Å². The molecule has 0 radical (unpaired) electrons. The van der Waals surface area contributed by atoms with E-state index in [0.717, 1.165) is 13.0 Å². The molecule has 0 unspecified atom stereocenters. The molecule has 104 valence electrons. The van der Waals surface area contributed by atoms with Crippen LogP contribution < -0.4 is 5.32 Å². The smallest absolute Gasteiger partial charge is 0.321 e. The van der Waals surface area contributed by atoms with Crippen molar-refractivity contribution in [1.82, 2.24) is 14.7 Å². The van der Waals surface area contributed by atoms with Crippen LogP contribution in [0, 0.1) is 5.92 Å². The second kappa shape index (κ2) is 5.73. The van der Waals surface area contributed by atoms with Gasteiger partial charge in [0.25, 0.3) is 0 Å². The van der Waals surface area contributed by atoms with Gasteiger partial charge in [-0.3, -0.25) is 9.48 Å². The van der Waals surface area contributed by atoms with E-state index in [1.165, 1.54) is 0 Å². The highest BCUT2D eigenvalue weighted by Gasteiger charge is 2.28. The largest absolute Gasteiger partial charge is 0.481 e. The summed E-state index contributed by atoms with van der Waals surface area (Å²) in [5.74, 6) is -1.30. The van der Waals surface area contributed by atoms with Crippen molar-refractivity contribution < 1.29 is 14.7 Å². The molecule has 2 heterocycles. The van der Waals surface area contributed by atoms with E-state index in [9.17, 15) is 9.59 Å². The summed E-state index contributed by atoms with van der Waals surface area (Å²) in [4.78, 5) is 24.5. The number of amides is 2. The molecule has 7 heteroatoms. The SMILES string of the molecule is CCn1cc(NC(=O)N2CCC[C@H](C(=O)O)C2)cn1. The van der Waals surface area contributed by atoms with E-state index in [2.05, 4.69) is 10.4 Å². The Morgan fingerprint density at radius 1 is 1.58 bits per heavy atom. The van der Waals surface area contributed by atoms with Crippen LogP contribution in [0.15, 0.2) is 12.4 Å². The van der Waals surface area contributed by atoms with Crippen LogP contribution in [0.5, 0.6) is 0 Å². The maximum absolute atomic E-state index is 12.0. The van der Waals surface area contributed by atoms with Crippen LogP contribution in [0.1, 0.15) is 19.8 Å².